The molecule has 1 aromatic carbocycles. The summed E-state index contributed by atoms with van der Waals surface area (Å²) in [5.74, 6) is 0.852. The van der Waals surface area contributed by atoms with Crippen LogP contribution in [0.3, 0.4) is 0 Å². The summed E-state index contributed by atoms with van der Waals surface area (Å²) in [6.07, 6.45) is 1.65. The Morgan fingerprint density at radius 2 is 1.95 bits per heavy atom. The lowest BCUT2D eigenvalue weighted by molar-refractivity contribution is 0.0954. The fourth-order valence-electron chi connectivity index (χ4n) is 1.70. The van der Waals surface area contributed by atoms with Gasteiger partial charge in [0.05, 0.1) is 12.8 Å². The van der Waals surface area contributed by atoms with Crippen molar-refractivity contribution in [1.29, 1.82) is 0 Å². The van der Waals surface area contributed by atoms with Crippen molar-refractivity contribution in [3.63, 3.8) is 0 Å². The number of benzene rings is 1. The second-order valence-electron chi connectivity index (χ2n) is 4.38. The van der Waals surface area contributed by atoms with E-state index in [9.17, 15) is 4.79 Å². The fraction of sp³-hybridized carbons (Fsp3) is 0.267. The molecule has 2 rings (SSSR count). The number of rotatable bonds is 6. The van der Waals surface area contributed by atoms with Crippen molar-refractivity contribution in [2.45, 2.75) is 13.5 Å². The first-order chi connectivity index (χ1) is 9.25. The van der Waals surface area contributed by atoms with Crippen LogP contribution >= 0.6 is 0 Å². The predicted molar refractivity (Wildman–Crippen MR) is 73.9 cm³/mol. The van der Waals surface area contributed by atoms with E-state index >= 15 is 0 Å². The highest BCUT2D eigenvalue weighted by molar-refractivity contribution is 5.94. The quantitative estimate of drug-likeness (QED) is 0.780. The molecule has 1 heterocycles. The van der Waals surface area contributed by atoms with Crippen LogP contribution in [-0.4, -0.2) is 19.0 Å². The molecule has 19 heavy (non-hydrogen) atoms. The van der Waals surface area contributed by atoms with Crippen molar-refractivity contribution in [2.75, 3.05) is 13.1 Å². The molecule has 0 bridgehead atoms. The van der Waals surface area contributed by atoms with Gasteiger partial charge in [0.1, 0.15) is 5.76 Å². The zero-order chi connectivity index (χ0) is 13.5. The van der Waals surface area contributed by atoms with Gasteiger partial charge in [-0.15, -0.1) is 0 Å². The maximum atomic E-state index is 11.8. The van der Waals surface area contributed by atoms with Gasteiger partial charge >= 0.3 is 0 Å². The minimum atomic E-state index is -0.0419. The summed E-state index contributed by atoms with van der Waals surface area (Å²) in [7, 11) is 0. The molecule has 0 saturated carbocycles. The Balaban J connectivity index is 1.65. The van der Waals surface area contributed by atoms with E-state index in [1.807, 2.05) is 43.3 Å². The lowest BCUT2D eigenvalue weighted by Gasteiger charge is -2.06. The van der Waals surface area contributed by atoms with Crippen molar-refractivity contribution in [2.24, 2.45) is 0 Å². The van der Waals surface area contributed by atoms with Crippen LogP contribution in [0, 0.1) is 6.92 Å². The van der Waals surface area contributed by atoms with Gasteiger partial charge in [-0.25, -0.2) is 0 Å². The van der Waals surface area contributed by atoms with Crippen molar-refractivity contribution in [1.82, 2.24) is 10.6 Å². The summed E-state index contributed by atoms with van der Waals surface area (Å²) in [5.41, 5.74) is 1.84. The third-order valence-electron chi connectivity index (χ3n) is 2.78. The molecule has 1 aromatic heterocycles. The highest BCUT2D eigenvalue weighted by Gasteiger charge is 2.03. The number of aryl methyl sites for hydroxylation is 1. The monoisotopic (exact) mass is 258 g/mol. The van der Waals surface area contributed by atoms with Crippen molar-refractivity contribution in [3.05, 3.63) is 59.5 Å². The molecule has 0 aliphatic rings. The van der Waals surface area contributed by atoms with Gasteiger partial charge in [0.15, 0.2) is 0 Å². The van der Waals surface area contributed by atoms with Crippen LogP contribution in [0.1, 0.15) is 21.7 Å². The Labute approximate surface area is 112 Å². The molecule has 100 valence electrons. The smallest absolute Gasteiger partial charge is 0.251 e. The Morgan fingerprint density at radius 3 is 2.63 bits per heavy atom. The largest absolute Gasteiger partial charge is 0.468 e. The van der Waals surface area contributed by atoms with Crippen LogP contribution in [0.2, 0.25) is 0 Å². The first-order valence-corrected chi connectivity index (χ1v) is 6.33. The maximum absolute atomic E-state index is 11.8. The third-order valence-corrected chi connectivity index (χ3v) is 2.78. The second kappa shape index (κ2) is 6.75. The van der Waals surface area contributed by atoms with Crippen LogP contribution in [0.25, 0.3) is 0 Å². The zero-order valence-electron chi connectivity index (χ0n) is 11.0. The number of amides is 1. The van der Waals surface area contributed by atoms with Crippen molar-refractivity contribution in [3.8, 4) is 0 Å². The summed E-state index contributed by atoms with van der Waals surface area (Å²) in [6, 6.07) is 11.3. The highest BCUT2D eigenvalue weighted by Crippen LogP contribution is 2.02. The number of hydrogen-bond acceptors (Lipinski definition) is 3. The molecule has 0 unspecified atom stereocenters. The third kappa shape index (κ3) is 4.26. The summed E-state index contributed by atoms with van der Waals surface area (Å²) >= 11 is 0. The minimum Gasteiger partial charge on any atom is -0.468 e. The normalized spacial score (nSPS) is 10.4. The summed E-state index contributed by atoms with van der Waals surface area (Å²) in [4.78, 5) is 11.8. The molecule has 1 amide bonds. The van der Waals surface area contributed by atoms with Crippen LogP contribution in [0.4, 0.5) is 0 Å². The van der Waals surface area contributed by atoms with E-state index in [0.29, 0.717) is 25.2 Å². The second-order valence-corrected chi connectivity index (χ2v) is 4.38. The van der Waals surface area contributed by atoms with Crippen LogP contribution < -0.4 is 10.6 Å². The Hall–Kier alpha value is -2.07. The average molecular weight is 258 g/mol. The molecule has 2 aromatic rings. The molecule has 0 saturated heterocycles. The Morgan fingerprint density at radius 1 is 1.16 bits per heavy atom. The van der Waals surface area contributed by atoms with E-state index in [4.69, 9.17) is 4.42 Å². The number of carbonyl (C=O) groups is 1. The van der Waals surface area contributed by atoms with Crippen LogP contribution in [0.5, 0.6) is 0 Å². The van der Waals surface area contributed by atoms with Crippen molar-refractivity contribution >= 4 is 5.91 Å². The molecule has 4 heteroatoms. The fourth-order valence-corrected chi connectivity index (χ4v) is 1.70. The first kappa shape index (κ1) is 13.4. The lowest BCUT2D eigenvalue weighted by Crippen LogP contribution is -2.31. The van der Waals surface area contributed by atoms with E-state index in [1.54, 1.807) is 6.26 Å². The maximum Gasteiger partial charge on any atom is 0.251 e. The molecule has 0 aliphatic carbocycles. The van der Waals surface area contributed by atoms with Gasteiger partial charge in [0.2, 0.25) is 0 Å². The minimum absolute atomic E-state index is 0.0419. The molecule has 0 spiro atoms. The van der Waals surface area contributed by atoms with Gasteiger partial charge < -0.3 is 15.1 Å². The molecule has 0 aliphatic heterocycles. The van der Waals surface area contributed by atoms with Crippen LogP contribution in [-0.2, 0) is 6.54 Å². The van der Waals surface area contributed by atoms with E-state index in [2.05, 4.69) is 10.6 Å². The summed E-state index contributed by atoms with van der Waals surface area (Å²) in [5, 5.41) is 6.06. The number of hydrogen-bond donors (Lipinski definition) is 2. The van der Waals surface area contributed by atoms with E-state index in [1.165, 1.54) is 0 Å². The van der Waals surface area contributed by atoms with Gasteiger partial charge in [-0.1, -0.05) is 17.7 Å². The molecule has 0 atom stereocenters. The molecule has 0 radical (unpaired) electrons. The van der Waals surface area contributed by atoms with Crippen LogP contribution in [0.15, 0.2) is 47.1 Å². The Bertz CT molecular complexity index is 503. The van der Waals surface area contributed by atoms with Gasteiger partial charge in [-0.05, 0) is 31.2 Å². The SMILES string of the molecule is Cc1ccc(C(=O)NCCNCc2ccco2)cc1. The molecular weight excluding hydrogens is 240 g/mol. The Kier molecular flexibility index (Phi) is 4.75. The van der Waals surface area contributed by atoms with E-state index in [-0.39, 0.29) is 5.91 Å². The zero-order valence-corrected chi connectivity index (χ0v) is 11.0. The van der Waals surface area contributed by atoms with Gasteiger partial charge in [-0.2, -0.15) is 0 Å². The number of nitrogens with one attached hydrogen (secondary N) is 2. The topological polar surface area (TPSA) is 54.3 Å². The molecule has 0 fully saturated rings. The van der Waals surface area contributed by atoms with Gasteiger partial charge in [-0.3, -0.25) is 4.79 Å². The summed E-state index contributed by atoms with van der Waals surface area (Å²) < 4.78 is 5.19. The predicted octanol–water partition coefficient (Wildman–Crippen LogP) is 2.11. The number of furan rings is 1. The lowest BCUT2D eigenvalue weighted by atomic mass is 10.1. The average Bonchev–Trinajstić information content (AvgIpc) is 2.92. The van der Waals surface area contributed by atoms with Gasteiger partial charge in [0, 0.05) is 18.7 Å². The molecular formula is C15H18N2O2. The summed E-state index contributed by atoms with van der Waals surface area (Å²) in [6.45, 7) is 3.97. The standard InChI is InChI=1S/C15H18N2O2/c1-12-4-6-13(7-5-12)15(18)17-9-8-16-11-14-3-2-10-19-14/h2-7,10,16H,8-9,11H2,1H3,(H,17,18). The first-order valence-electron chi connectivity index (χ1n) is 6.33. The van der Waals surface area contributed by atoms with E-state index in [0.717, 1.165) is 11.3 Å². The number of carbonyl (C=O) groups excluding carboxylic acids is 1. The van der Waals surface area contributed by atoms with E-state index < -0.39 is 0 Å². The molecule has 4 nitrogen and oxygen atoms in total. The molecule has 2 N–H and O–H groups in total. The van der Waals surface area contributed by atoms with Crippen molar-refractivity contribution < 1.29 is 9.21 Å². The highest BCUT2D eigenvalue weighted by atomic mass is 16.3. The van der Waals surface area contributed by atoms with Gasteiger partial charge in [0.25, 0.3) is 5.91 Å².